The van der Waals surface area contributed by atoms with Crippen molar-refractivity contribution in [2.45, 2.75) is 51.3 Å². The van der Waals surface area contributed by atoms with Gasteiger partial charge in [-0.25, -0.2) is 13.8 Å². The van der Waals surface area contributed by atoms with Crippen molar-refractivity contribution in [1.82, 2.24) is 15.6 Å². The topological polar surface area (TPSA) is 129 Å². The molecule has 13 heteroatoms. The molecule has 9 nitrogen and oxygen atoms in total. The molecule has 0 unspecified atom stereocenters. The maximum Gasteiger partial charge on any atom is 0.387 e. The lowest BCUT2D eigenvalue weighted by Crippen LogP contribution is -2.39. The molecular formula is C29H30F4N4O5. The number of amides is 2. The second-order valence-electron chi connectivity index (χ2n) is 10.5. The van der Waals surface area contributed by atoms with Crippen LogP contribution in [0, 0.1) is 23.5 Å². The van der Waals surface area contributed by atoms with Crippen molar-refractivity contribution in [3.05, 3.63) is 65.1 Å². The summed E-state index contributed by atoms with van der Waals surface area (Å²) in [5, 5.41) is 5.34. The summed E-state index contributed by atoms with van der Waals surface area (Å²) in [6.07, 6.45) is 3.45. The standard InChI is InChI=1S/C29H30F4N4O5/c1-14(34)25-24(27(39)36-21(12-35-26(38)16-4-5-16)19-8-7-18(30)11-20(19)31)37-28(42-25)17-6-9-22(41-29(32)33)23(10-17)40-13-15-2-3-15/h6-11,14-16,21,29H,2-5,12-13,34H2,1H3,(H,35,38)(H,36,39)/t14-,21-/m0/s1. The Morgan fingerprint density at radius 2 is 1.86 bits per heavy atom. The molecule has 2 aromatic carbocycles. The largest absolute Gasteiger partial charge is 0.489 e. The molecule has 0 spiro atoms. The summed E-state index contributed by atoms with van der Waals surface area (Å²) in [6.45, 7) is -1.33. The summed E-state index contributed by atoms with van der Waals surface area (Å²) in [7, 11) is 0. The number of ether oxygens (including phenoxy) is 2. The van der Waals surface area contributed by atoms with E-state index in [0.29, 0.717) is 24.2 Å². The molecule has 0 saturated heterocycles. The minimum absolute atomic E-state index is 0.0104. The van der Waals surface area contributed by atoms with Crippen LogP contribution in [0.5, 0.6) is 11.5 Å². The van der Waals surface area contributed by atoms with Crippen LogP contribution in [0.25, 0.3) is 11.5 Å². The Hall–Kier alpha value is -4.13. The minimum atomic E-state index is -3.06. The second kappa shape index (κ2) is 12.4. The number of hydrogen-bond acceptors (Lipinski definition) is 7. The average molecular weight is 591 g/mol. The molecule has 0 radical (unpaired) electrons. The number of nitrogens with two attached hydrogens (primary N) is 1. The van der Waals surface area contributed by atoms with Gasteiger partial charge in [-0.3, -0.25) is 9.59 Å². The van der Waals surface area contributed by atoms with E-state index in [1.807, 2.05) is 0 Å². The third kappa shape index (κ3) is 7.19. The van der Waals surface area contributed by atoms with Crippen LogP contribution in [0.3, 0.4) is 0 Å². The van der Waals surface area contributed by atoms with Crippen LogP contribution >= 0.6 is 0 Å². The fourth-order valence-corrected chi connectivity index (χ4v) is 4.31. The molecule has 0 aliphatic heterocycles. The molecule has 2 amide bonds. The molecular weight excluding hydrogens is 560 g/mol. The Morgan fingerprint density at radius 3 is 2.50 bits per heavy atom. The van der Waals surface area contributed by atoms with Gasteiger partial charge >= 0.3 is 6.61 Å². The Balaban J connectivity index is 1.42. The zero-order valence-corrected chi connectivity index (χ0v) is 22.7. The molecule has 2 fully saturated rings. The quantitative estimate of drug-likeness (QED) is 0.238. The highest BCUT2D eigenvalue weighted by Crippen LogP contribution is 2.37. The van der Waals surface area contributed by atoms with Gasteiger partial charge in [0.2, 0.25) is 11.8 Å². The van der Waals surface area contributed by atoms with Crippen molar-refractivity contribution in [2.24, 2.45) is 17.6 Å². The number of aromatic nitrogens is 1. The van der Waals surface area contributed by atoms with Crippen molar-refractivity contribution in [1.29, 1.82) is 0 Å². The zero-order valence-electron chi connectivity index (χ0n) is 22.7. The van der Waals surface area contributed by atoms with E-state index in [1.165, 1.54) is 24.3 Å². The number of halogens is 4. The molecule has 3 aromatic rings. The van der Waals surface area contributed by atoms with Crippen LogP contribution in [0.15, 0.2) is 40.8 Å². The molecule has 2 aliphatic carbocycles. The third-order valence-electron chi connectivity index (χ3n) is 6.93. The number of benzene rings is 2. The van der Waals surface area contributed by atoms with E-state index in [1.54, 1.807) is 6.92 Å². The van der Waals surface area contributed by atoms with Crippen molar-refractivity contribution in [2.75, 3.05) is 13.2 Å². The predicted octanol–water partition coefficient (Wildman–Crippen LogP) is 5.03. The third-order valence-corrected chi connectivity index (χ3v) is 6.93. The van der Waals surface area contributed by atoms with Gasteiger partial charge in [0.25, 0.3) is 5.91 Å². The van der Waals surface area contributed by atoms with E-state index in [4.69, 9.17) is 14.9 Å². The number of hydrogen-bond donors (Lipinski definition) is 3. The van der Waals surface area contributed by atoms with Gasteiger partial charge in [-0.05, 0) is 62.8 Å². The summed E-state index contributed by atoms with van der Waals surface area (Å²) in [6, 6.07) is 5.17. The first-order valence-corrected chi connectivity index (χ1v) is 13.6. The van der Waals surface area contributed by atoms with E-state index in [9.17, 15) is 27.2 Å². The predicted molar refractivity (Wildman–Crippen MR) is 142 cm³/mol. The SMILES string of the molecule is C[C@H](N)c1oc(-c2ccc(OC(F)F)c(OCC3CC3)c2)nc1C(=O)N[C@@H](CNC(=O)C1CC1)c1ccc(F)cc1F. The first-order chi connectivity index (χ1) is 20.1. The fraction of sp³-hybridized carbons (Fsp3) is 0.414. The molecule has 2 atom stereocenters. The lowest BCUT2D eigenvalue weighted by atomic mass is 10.0. The number of carbonyl (C=O) groups is 2. The summed E-state index contributed by atoms with van der Waals surface area (Å²) in [5.74, 6) is -2.64. The zero-order chi connectivity index (χ0) is 30.0. The van der Waals surface area contributed by atoms with Crippen LogP contribution in [-0.2, 0) is 4.79 Å². The van der Waals surface area contributed by atoms with E-state index in [-0.39, 0.29) is 52.8 Å². The number of rotatable bonds is 13. The fourth-order valence-electron chi connectivity index (χ4n) is 4.31. The highest BCUT2D eigenvalue weighted by atomic mass is 19.3. The normalized spacial score (nSPS) is 16.2. The number of nitrogens with zero attached hydrogens (tertiary/aromatic N) is 1. The molecule has 224 valence electrons. The summed E-state index contributed by atoms with van der Waals surface area (Å²) in [5.41, 5.74) is 6.13. The van der Waals surface area contributed by atoms with Crippen LogP contribution in [0.4, 0.5) is 17.6 Å². The maximum atomic E-state index is 14.7. The van der Waals surface area contributed by atoms with Gasteiger partial charge in [-0.2, -0.15) is 8.78 Å². The molecule has 2 aliphatic rings. The smallest absolute Gasteiger partial charge is 0.387 e. The number of alkyl halides is 2. The van der Waals surface area contributed by atoms with E-state index in [0.717, 1.165) is 31.7 Å². The van der Waals surface area contributed by atoms with Crippen molar-refractivity contribution in [3.63, 3.8) is 0 Å². The summed E-state index contributed by atoms with van der Waals surface area (Å²) >= 11 is 0. The van der Waals surface area contributed by atoms with Crippen molar-refractivity contribution >= 4 is 11.8 Å². The van der Waals surface area contributed by atoms with E-state index in [2.05, 4.69) is 20.4 Å². The van der Waals surface area contributed by atoms with Crippen molar-refractivity contribution in [3.8, 4) is 23.0 Å². The first-order valence-electron chi connectivity index (χ1n) is 13.6. The van der Waals surface area contributed by atoms with E-state index < -0.39 is 36.2 Å². The average Bonchev–Trinajstić information content (AvgIpc) is 3.88. The highest BCUT2D eigenvalue weighted by molar-refractivity contribution is 5.94. The monoisotopic (exact) mass is 590 g/mol. The van der Waals surface area contributed by atoms with E-state index >= 15 is 0 Å². The molecule has 1 heterocycles. The Morgan fingerprint density at radius 1 is 1.10 bits per heavy atom. The van der Waals surface area contributed by atoms with Gasteiger partial charge in [0.1, 0.15) is 11.6 Å². The van der Waals surface area contributed by atoms with Gasteiger partial charge < -0.3 is 30.3 Å². The second-order valence-corrected chi connectivity index (χ2v) is 10.5. The van der Waals surface area contributed by atoms with Crippen LogP contribution in [0.2, 0.25) is 0 Å². The van der Waals surface area contributed by atoms with Gasteiger partial charge in [-0.15, -0.1) is 0 Å². The summed E-state index contributed by atoms with van der Waals surface area (Å²) < 4.78 is 70.3. The van der Waals surface area contributed by atoms with Gasteiger partial charge in [0.15, 0.2) is 23.0 Å². The number of oxazole rings is 1. The molecule has 42 heavy (non-hydrogen) atoms. The summed E-state index contributed by atoms with van der Waals surface area (Å²) in [4.78, 5) is 30.0. The lowest BCUT2D eigenvalue weighted by Gasteiger charge is -2.20. The maximum absolute atomic E-state index is 14.7. The minimum Gasteiger partial charge on any atom is -0.489 e. The molecule has 4 N–H and O–H groups in total. The molecule has 2 saturated carbocycles. The lowest BCUT2D eigenvalue weighted by molar-refractivity contribution is -0.122. The molecule has 1 aromatic heterocycles. The highest BCUT2D eigenvalue weighted by Gasteiger charge is 2.32. The Labute approximate surface area is 238 Å². The Kier molecular flexibility index (Phi) is 8.66. The van der Waals surface area contributed by atoms with Crippen LogP contribution in [0.1, 0.15) is 66.5 Å². The van der Waals surface area contributed by atoms with Crippen molar-refractivity contribution < 1.29 is 41.0 Å². The number of carbonyl (C=O) groups excluding carboxylic acids is 2. The van der Waals surface area contributed by atoms with Crippen LogP contribution in [-0.4, -0.2) is 36.6 Å². The number of nitrogens with one attached hydrogen (secondary N) is 2. The Bertz CT molecular complexity index is 1460. The molecule has 5 rings (SSSR count). The van der Waals surface area contributed by atoms with Gasteiger partial charge in [0.05, 0.1) is 18.7 Å². The first kappa shape index (κ1) is 29.4. The molecule has 0 bridgehead atoms. The van der Waals surface area contributed by atoms with Gasteiger partial charge in [-0.1, -0.05) is 6.07 Å². The van der Waals surface area contributed by atoms with Gasteiger partial charge in [0, 0.05) is 29.7 Å². The van der Waals surface area contributed by atoms with Crippen LogP contribution < -0.4 is 25.8 Å².